The normalized spacial score (nSPS) is 20.0. The first kappa shape index (κ1) is 16.8. The first-order valence-corrected chi connectivity index (χ1v) is 9.08. The summed E-state index contributed by atoms with van der Waals surface area (Å²) in [5, 5.41) is -1.08. The molecule has 1 aromatic carbocycles. The van der Waals surface area contributed by atoms with Gasteiger partial charge in [0.15, 0.2) is 5.25 Å². The van der Waals surface area contributed by atoms with Crippen molar-refractivity contribution in [3.8, 4) is 0 Å². The average Bonchev–Trinajstić information content (AvgIpc) is 2.65. The van der Waals surface area contributed by atoms with E-state index in [9.17, 15) is 13.2 Å². The van der Waals surface area contributed by atoms with Gasteiger partial charge in [0.05, 0.1) is 5.69 Å². The number of rotatable bonds is 3. The summed E-state index contributed by atoms with van der Waals surface area (Å²) in [6.07, 6.45) is 1.73. The molecule has 0 radical (unpaired) electrons. The minimum Gasteiger partial charge on any atom is -0.348 e. The highest BCUT2D eigenvalue weighted by atomic mass is 32.2. The Kier molecular flexibility index (Phi) is 4.80. The molecule has 1 aliphatic heterocycles. The van der Waals surface area contributed by atoms with E-state index in [1.807, 2.05) is 24.3 Å². The predicted molar refractivity (Wildman–Crippen MR) is 88.5 cm³/mol. The molecule has 22 heavy (non-hydrogen) atoms. The Balaban J connectivity index is 2.47. The van der Waals surface area contributed by atoms with E-state index >= 15 is 0 Å². The maximum atomic E-state index is 12.9. The highest BCUT2D eigenvalue weighted by molar-refractivity contribution is 7.94. The molecule has 2 atom stereocenters. The number of hydrogen-bond acceptors (Lipinski definition) is 3. The molecule has 0 unspecified atom stereocenters. The lowest BCUT2D eigenvalue weighted by atomic mass is 9.96. The second-order valence-electron chi connectivity index (χ2n) is 6.09. The minimum absolute atomic E-state index is 0.316. The van der Waals surface area contributed by atoms with E-state index in [0.29, 0.717) is 18.2 Å². The highest BCUT2D eigenvalue weighted by Crippen LogP contribution is 2.36. The maximum absolute atomic E-state index is 12.9. The largest absolute Gasteiger partial charge is 0.348 e. The molecule has 0 N–H and O–H groups in total. The van der Waals surface area contributed by atoms with Crippen LogP contribution in [0.1, 0.15) is 38.2 Å². The van der Waals surface area contributed by atoms with Crippen LogP contribution in [0.5, 0.6) is 0 Å². The SMILES string of the molecule is C[C@H](C(=O)N(C)C)S(=O)(=O)N1CCC[C@H](C)c2ccccc21. The van der Waals surface area contributed by atoms with E-state index in [1.54, 1.807) is 14.1 Å². The number of nitrogens with zero attached hydrogens (tertiary/aromatic N) is 2. The van der Waals surface area contributed by atoms with Crippen molar-refractivity contribution < 1.29 is 13.2 Å². The van der Waals surface area contributed by atoms with Gasteiger partial charge in [-0.15, -0.1) is 0 Å². The van der Waals surface area contributed by atoms with Gasteiger partial charge in [0.25, 0.3) is 0 Å². The molecule has 2 rings (SSSR count). The number of hydrogen-bond donors (Lipinski definition) is 0. The van der Waals surface area contributed by atoms with Crippen LogP contribution in [0.2, 0.25) is 0 Å². The molecule has 0 saturated carbocycles. The van der Waals surface area contributed by atoms with Crippen LogP contribution in [0, 0.1) is 0 Å². The summed E-state index contributed by atoms with van der Waals surface area (Å²) in [5.41, 5.74) is 1.75. The Hall–Kier alpha value is -1.56. The zero-order valence-electron chi connectivity index (χ0n) is 13.6. The number of carbonyl (C=O) groups excluding carboxylic acids is 1. The van der Waals surface area contributed by atoms with Crippen molar-refractivity contribution in [1.82, 2.24) is 4.90 Å². The van der Waals surface area contributed by atoms with Gasteiger partial charge in [-0.2, -0.15) is 0 Å². The third-order valence-electron chi connectivity index (χ3n) is 4.28. The lowest BCUT2D eigenvalue weighted by molar-refractivity contribution is -0.127. The molecule has 1 aromatic rings. The average molecular weight is 324 g/mol. The number of amides is 1. The zero-order chi connectivity index (χ0) is 16.5. The lowest BCUT2D eigenvalue weighted by Gasteiger charge is -2.28. The predicted octanol–water partition coefficient (Wildman–Crippen LogP) is 2.20. The van der Waals surface area contributed by atoms with Gasteiger partial charge in [0.1, 0.15) is 0 Å². The fraction of sp³-hybridized carbons (Fsp3) is 0.562. The maximum Gasteiger partial charge on any atom is 0.246 e. The van der Waals surface area contributed by atoms with Crippen LogP contribution in [-0.2, 0) is 14.8 Å². The van der Waals surface area contributed by atoms with E-state index in [2.05, 4.69) is 6.92 Å². The standard InChI is InChI=1S/C16H24N2O3S/c1-12-8-7-11-18(15-10-6-5-9-14(12)15)22(20,21)13(2)16(19)17(3)4/h5-6,9-10,12-13H,7-8,11H2,1-4H3/t12-,13+/m0/s1. The highest BCUT2D eigenvalue weighted by Gasteiger charge is 2.36. The molecular weight excluding hydrogens is 300 g/mol. The van der Waals surface area contributed by atoms with Gasteiger partial charge in [0, 0.05) is 20.6 Å². The van der Waals surface area contributed by atoms with E-state index in [0.717, 1.165) is 18.4 Å². The summed E-state index contributed by atoms with van der Waals surface area (Å²) in [7, 11) is -0.572. The topological polar surface area (TPSA) is 57.7 Å². The van der Waals surface area contributed by atoms with E-state index < -0.39 is 21.2 Å². The molecule has 1 amide bonds. The number of sulfonamides is 1. The van der Waals surface area contributed by atoms with Gasteiger partial charge in [0.2, 0.25) is 15.9 Å². The van der Waals surface area contributed by atoms with Gasteiger partial charge in [-0.1, -0.05) is 25.1 Å². The fourth-order valence-corrected chi connectivity index (χ4v) is 4.57. The molecule has 6 heteroatoms. The molecule has 0 fully saturated rings. The molecule has 122 valence electrons. The van der Waals surface area contributed by atoms with E-state index in [1.165, 1.54) is 16.1 Å². The monoisotopic (exact) mass is 324 g/mol. The van der Waals surface area contributed by atoms with Crippen LogP contribution in [0.25, 0.3) is 0 Å². The van der Waals surface area contributed by atoms with Gasteiger partial charge >= 0.3 is 0 Å². The number of fused-ring (bicyclic) bond motifs is 1. The van der Waals surface area contributed by atoms with Crippen molar-refractivity contribution >= 4 is 21.6 Å². The molecular formula is C16H24N2O3S. The summed E-state index contributed by atoms with van der Waals surface area (Å²) in [4.78, 5) is 13.4. The van der Waals surface area contributed by atoms with Crippen LogP contribution in [-0.4, -0.2) is 45.1 Å². The molecule has 1 aliphatic rings. The van der Waals surface area contributed by atoms with Gasteiger partial charge < -0.3 is 4.90 Å². The first-order chi connectivity index (χ1) is 10.3. The van der Waals surface area contributed by atoms with Gasteiger partial charge in [-0.05, 0) is 37.3 Å². The van der Waals surface area contributed by atoms with Crippen LogP contribution in [0.15, 0.2) is 24.3 Å². The summed E-state index contributed by atoms with van der Waals surface area (Å²) in [6.45, 7) is 4.01. The third kappa shape index (κ3) is 2.97. The third-order valence-corrected chi connectivity index (χ3v) is 6.37. The van der Waals surface area contributed by atoms with Crippen LogP contribution in [0.3, 0.4) is 0 Å². The first-order valence-electron chi connectivity index (χ1n) is 7.58. The van der Waals surface area contributed by atoms with Crippen molar-refractivity contribution in [1.29, 1.82) is 0 Å². The van der Waals surface area contributed by atoms with Gasteiger partial charge in [-0.25, -0.2) is 8.42 Å². The fourth-order valence-electron chi connectivity index (χ4n) is 2.89. The molecule has 0 saturated heterocycles. The Bertz CT molecular complexity index is 655. The van der Waals surface area contributed by atoms with Crippen molar-refractivity contribution in [2.45, 2.75) is 37.9 Å². The summed E-state index contributed by atoms with van der Waals surface area (Å²) < 4.78 is 27.3. The number of benzene rings is 1. The molecule has 0 bridgehead atoms. The summed E-state index contributed by atoms with van der Waals surface area (Å²) >= 11 is 0. The zero-order valence-corrected chi connectivity index (χ0v) is 14.4. The second-order valence-corrected chi connectivity index (χ2v) is 8.27. The number of carbonyl (C=O) groups is 1. The second kappa shape index (κ2) is 6.28. The smallest absolute Gasteiger partial charge is 0.246 e. The minimum atomic E-state index is -3.72. The quantitative estimate of drug-likeness (QED) is 0.856. The van der Waals surface area contributed by atoms with Gasteiger partial charge in [-0.3, -0.25) is 9.10 Å². The van der Waals surface area contributed by atoms with E-state index in [-0.39, 0.29) is 0 Å². The molecule has 0 aromatic heterocycles. The van der Waals surface area contributed by atoms with E-state index in [4.69, 9.17) is 0 Å². The molecule has 0 aliphatic carbocycles. The number of anilines is 1. The van der Waals surface area contributed by atoms with Crippen LogP contribution in [0.4, 0.5) is 5.69 Å². The lowest BCUT2D eigenvalue weighted by Crippen LogP contribution is -2.45. The Morgan fingerprint density at radius 3 is 2.59 bits per heavy atom. The summed E-state index contributed by atoms with van der Waals surface area (Å²) in [5.74, 6) is -0.0777. The summed E-state index contributed by atoms with van der Waals surface area (Å²) in [6, 6.07) is 7.59. The van der Waals surface area contributed by atoms with Crippen molar-refractivity contribution in [3.63, 3.8) is 0 Å². The Morgan fingerprint density at radius 1 is 1.32 bits per heavy atom. The molecule has 0 spiro atoms. The Labute approximate surface area is 133 Å². The number of para-hydroxylation sites is 1. The molecule has 5 nitrogen and oxygen atoms in total. The van der Waals surface area contributed by atoms with Crippen molar-refractivity contribution in [3.05, 3.63) is 29.8 Å². The Morgan fingerprint density at radius 2 is 1.95 bits per heavy atom. The van der Waals surface area contributed by atoms with Crippen LogP contribution < -0.4 is 4.31 Å². The molecule has 1 heterocycles. The van der Waals surface area contributed by atoms with Crippen LogP contribution >= 0.6 is 0 Å². The van der Waals surface area contributed by atoms with Crippen molar-refractivity contribution in [2.24, 2.45) is 0 Å². The van der Waals surface area contributed by atoms with Crippen molar-refractivity contribution in [2.75, 3.05) is 24.9 Å².